The van der Waals surface area contributed by atoms with Crippen molar-refractivity contribution in [2.24, 2.45) is 0 Å². The van der Waals surface area contributed by atoms with Gasteiger partial charge < -0.3 is 4.74 Å². The number of hydrogen-bond donors (Lipinski definition) is 1. The van der Waals surface area contributed by atoms with Gasteiger partial charge in [0.05, 0.1) is 30.3 Å². The molecule has 1 aromatic carbocycles. The van der Waals surface area contributed by atoms with E-state index in [1.165, 1.54) is 6.20 Å². The first-order chi connectivity index (χ1) is 11.9. The van der Waals surface area contributed by atoms with Crippen LogP contribution in [0.15, 0.2) is 30.6 Å². The molecule has 25 heavy (non-hydrogen) atoms. The molecule has 1 N–H and O–H groups in total. The van der Waals surface area contributed by atoms with Crippen LogP contribution >= 0.6 is 0 Å². The summed E-state index contributed by atoms with van der Waals surface area (Å²) < 4.78 is 60.7. The second-order valence-corrected chi connectivity index (χ2v) is 7.76. The van der Waals surface area contributed by atoms with Gasteiger partial charge >= 0.3 is 0 Å². The summed E-state index contributed by atoms with van der Waals surface area (Å²) in [5.41, 5.74) is 0.0446. The molecule has 2 aromatic rings. The number of sulfonamides is 1. The van der Waals surface area contributed by atoms with Crippen LogP contribution in [0, 0.1) is 11.6 Å². The quantitative estimate of drug-likeness (QED) is 0.847. The number of hydrogen-bond acceptors (Lipinski definition) is 4. The summed E-state index contributed by atoms with van der Waals surface area (Å²) in [6.45, 7) is 1.27. The molecule has 1 atom stereocenters. The van der Waals surface area contributed by atoms with Crippen molar-refractivity contribution >= 4 is 15.7 Å². The summed E-state index contributed by atoms with van der Waals surface area (Å²) in [7, 11) is -3.89. The highest BCUT2D eigenvalue weighted by Gasteiger charge is 2.18. The maximum Gasteiger partial charge on any atom is 0.237 e. The number of aromatic nitrogens is 2. The third kappa shape index (κ3) is 4.99. The summed E-state index contributed by atoms with van der Waals surface area (Å²) in [6, 6.07) is 2.72. The Labute approximate surface area is 144 Å². The Balaban J connectivity index is 1.63. The molecule has 0 unspecified atom stereocenters. The summed E-state index contributed by atoms with van der Waals surface area (Å²) in [4.78, 5) is 0. The number of nitrogens with one attached hydrogen (secondary N) is 1. The highest BCUT2D eigenvalue weighted by atomic mass is 32.2. The Kier molecular flexibility index (Phi) is 5.33. The van der Waals surface area contributed by atoms with Gasteiger partial charge in [-0.3, -0.25) is 9.40 Å². The SMILES string of the molecule is O=S(=O)(Cc1cc(F)ccc1F)Nc1cnn(C[C@H]2CCCCO2)c1. The van der Waals surface area contributed by atoms with Gasteiger partial charge in [0.1, 0.15) is 11.6 Å². The molecule has 136 valence electrons. The van der Waals surface area contributed by atoms with Crippen LogP contribution in [-0.4, -0.2) is 30.9 Å². The number of nitrogens with zero attached hydrogens (tertiary/aromatic N) is 2. The van der Waals surface area contributed by atoms with Gasteiger partial charge in [0.15, 0.2) is 0 Å². The Morgan fingerprint density at radius 2 is 2.16 bits per heavy atom. The number of anilines is 1. The van der Waals surface area contributed by atoms with Crippen molar-refractivity contribution in [1.29, 1.82) is 0 Å². The summed E-state index contributed by atoms with van der Waals surface area (Å²) in [5, 5.41) is 4.11. The molecule has 0 saturated carbocycles. The lowest BCUT2D eigenvalue weighted by Gasteiger charge is -2.22. The van der Waals surface area contributed by atoms with Gasteiger partial charge in [0, 0.05) is 18.4 Å². The van der Waals surface area contributed by atoms with Crippen molar-refractivity contribution in [3.05, 3.63) is 47.8 Å². The third-order valence-electron chi connectivity index (χ3n) is 3.92. The van der Waals surface area contributed by atoms with E-state index in [-0.39, 0.29) is 17.4 Å². The van der Waals surface area contributed by atoms with E-state index in [4.69, 9.17) is 4.74 Å². The first kappa shape index (κ1) is 17.8. The topological polar surface area (TPSA) is 73.2 Å². The van der Waals surface area contributed by atoms with Gasteiger partial charge in [0.2, 0.25) is 10.0 Å². The zero-order chi connectivity index (χ0) is 17.9. The average Bonchev–Trinajstić information content (AvgIpc) is 2.97. The Morgan fingerprint density at radius 1 is 1.32 bits per heavy atom. The smallest absolute Gasteiger partial charge is 0.237 e. The molecule has 0 amide bonds. The van der Waals surface area contributed by atoms with Gasteiger partial charge in [-0.15, -0.1) is 0 Å². The zero-order valence-electron chi connectivity index (χ0n) is 13.5. The molecule has 6 nitrogen and oxygen atoms in total. The summed E-state index contributed by atoms with van der Waals surface area (Å²) >= 11 is 0. The van der Waals surface area contributed by atoms with Gasteiger partial charge in [-0.05, 0) is 37.5 Å². The fourth-order valence-corrected chi connectivity index (χ4v) is 3.92. The molecule has 1 aliphatic rings. The van der Waals surface area contributed by atoms with Crippen LogP contribution in [0.3, 0.4) is 0 Å². The van der Waals surface area contributed by atoms with Crippen LogP contribution in [0.1, 0.15) is 24.8 Å². The Morgan fingerprint density at radius 3 is 2.92 bits per heavy atom. The molecule has 0 aliphatic carbocycles. The van der Waals surface area contributed by atoms with Crippen molar-refractivity contribution in [1.82, 2.24) is 9.78 Å². The second-order valence-electron chi connectivity index (χ2n) is 6.04. The number of ether oxygens (including phenoxy) is 1. The highest BCUT2D eigenvalue weighted by Crippen LogP contribution is 2.18. The number of benzene rings is 1. The molecule has 1 aliphatic heterocycles. The summed E-state index contributed by atoms with van der Waals surface area (Å²) in [5.74, 6) is -2.11. The van der Waals surface area contributed by atoms with Gasteiger partial charge in [-0.1, -0.05) is 0 Å². The Bertz CT molecular complexity index is 833. The van der Waals surface area contributed by atoms with Crippen molar-refractivity contribution in [2.75, 3.05) is 11.3 Å². The average molecular weight is 371 g/mol. The second kappa shape index (κ2) is 7.49. The number of halogens is 2. The standard InChI is InChI=1S/C16H19F2N3O3S/c17-13-4-5-16(18)12(7-13)11-25(22,23)20-14-8-19-21(9-14)10-15-3-1-2-6-24-15/h4-5,7-9,15,20H,1-3,6,10-11H2/t15-/m1/s1. The normalized spacial score (nSPS) is 18.2. The molecule has 2 heterocycles. The summed E-state index contributed by atoms with van der Waals surface area (Å²) in [6.07, 6.45) is 6.10. The molecule has 0 spiro atoms. The van der Waals surface area contributed by atoms with Crippen molar-refractivity contribution in [3.63, 3.8) is 0 Å². The van der Waals surface area contributed by atoms with E-state index in [2.05, 4.69) is 9.82 Å². The van der Waals surface area contributed by atoms with E-state index in [9.17, 15) is 17.2 Å². The molecular formula is C16H19F2N3O3S. The van der Waals surface area contributed by atoms with Crippen LogP contribution in [0.4, 0.5) is 14.5 Å². The molecular weight excluding hydrogens is 352 g/mol. The van der Waals surface area contributed by atoms with E-state index in [1.54, 1.807) is 10.9 Å². The molecule has 0 bridgehead atoms. The lowest BCUT2D eigenvalue weighted by molar-refractivity contribution is 0.00401. The van der Waals surface area contributed by atoms with E-state index in [0.717, 1.165) is 44.1 Å². The fourth-order valence-electron chi connectivity index (χ4n) is 2.75. The lowest BCUT2D eigenvalue weighted by Crippen LogP contribution is -2.24. The first-order valence-electron chi connectivity index (χ1n) is 8.00. The molecule has 0 radical (unpaired) electrons. The highest BCUT2D eigenvalue weighted by molar-refractivity contribution is 7.91. The lowest BCUT2D eigenvalue weighted by atomic mass is 10.1. The maximum atomic E-state index is 13.6. The van der Waals surface area contributed by atoms with Crippen LogP contribution in [-0.2, 0) is 27.1 Å². The fraction of sp³-hybridized carbons (Fsp3) is 0.438. The molecule has 3 rings (SSSR count). The minimum Gasteiger partial charge on any atom is -0.376 e. The van der Waals surface area contributed by atoms with Gasteiger partial charge in [-0.2, -0.15) is 5.10 Å². The van der Waals surface area contributed by atoms with E-state index >= 15 is 0 Å². The molecule has 1 aromatic heterocycles. The van der Waals surface area contributed by atoms with Crippen LogP contribution in [0.5, 0.6) is 0 Å². The van der Waals surface area contributed by atoms with Crippen molar-refractivity contribution < 1.29 is 21.9 Å². The Hall–Kier alpha value is -2.00. The number of rotatable bonds is 6. The third-order valence-corrected chi connectivity index (χ3v) is 5.16. The van der Waals surface area contributed by atoms with E-state index in [1.807, 2.05) is 0 Å². The zero-order valence-corrected chi connectivity index (χ0v) is 14.3. The van der Waals surface area contributed by atoms with Crippen molar-refractivity contribution in [3.8, 4) is 0 Å². The molecule has 1 saturated heterocycles. The van der Waals surface area contributed by atoms with Crippen LogP contribution < -0.4 is 4.72 Å². The van der Waals surface area contributed by atoms with Gasteiger partial charge in [0.25, 0.3) is 0 Å². The van der Waals surface area contributed by atoms with Crippen LogP contribution in [0.2, 0.25) is 0 Å². The molecule has 1 fully saturated rings. The van der Waals surface area contributed by atoms with E-state index < -0.39 is 27.4 Å². The predicted molar refractivity (Wildman–Crippen MR) is 88.4 cm³/mol. The molecule has 9 heteroatoms. The predicted octanol–water partition coefficient (Wildman–Crippen LogP) is 2.67. The maximum absolute atomic E-state index is 13.6. The minimum absolute atomic E-state index is 0.0690. The van der Waals surface area contributed by atoms with Crippen molar-refractivity contribution in [2.45, 2.75) is 37.7 Å². The van der Waals surface area contributed by atoms with Gasteiger partial charge in [-0.25, -0.2) is 17.2 Å². The first-order valence-corrected chi connectivity index (χ1v) is 9.65. The van der Waals surface area contributed by atoms with Crippen LogP contribution in [0.25, 0.3) is 0 Å². The van der Waals surface area contributed by atoms with E-state index in [0.29, 0.717) is 6.54 Å². The monoisotopic (exact) mass is 371 g/mol. The minimum atomic E-state index is -3.89. The largest absolute Gasteiger partial charge is 0.376 e.